The predicted octanol–water partition coefficient (Wildman–Crippen LogP) is -2.38. The van der Waals surface area contributed by atoms with Crippen LogP contribution in [0, 0.1) is 0 Å². The number of H-pyrrole nitrogens is 1. The van der Waals surface area contributed by atoms with Crippen LogP contribution in [0.15, 0.2) is 72.1 Å². The van der Waals surface area contributed by atoms with Gasteiger partial charge in [-0.05, 0) is 73.3 Å². The topological polar surface area (TPSA) is 409 Å². The third kappa shape index (κ3) is 19.2. The van der Waals surface area contributed by atoms with Gasteiger partial charge in [0, 0.05) is 44.2 Å². The fraction of sp³-hybridized carbons (Fsp3) is 0.468. The Hall–Kier alpha value is -7.39. The van der Waals surface area contributed by atoms with Gasteiger partial charge in [0.1, 0.15) is 48.0 Å². The highest BCUT2D eigenvalue weighted by atomic mass is 32.1. The average Bonchev–Trinajstić information content (AvgIpc) is 4.08. The quantitative estimate of drug-likeness (QED) is 0.0144. The van der Waals surface area contributed by atoms with Crippen LogP contribution >= 0.6 is 25.3 Å². The molecule has 0 unspecified atom stereocenters. The number of aliphatic carboxylic acids is 2. The first-order valence-corrected chi connectivity index (χ1v) is 25.0. The molecular formula is C47H65N13O12S2. The van der Waals surface area contributed by atoms with Gasteiger partial charge in [-0.3, -0.25) is 43.3 Å². The summed E-state index contributed by atoms with van der Waals surface area (Å²) >= 11 is 8.56. The van der Waals surface area contributed by atoms with Crippen LogP contribution in [0.25, 0.3) is 0 Å². The number of rotatable bonds is 30. The number of likely N-dealkylation sites (tertiary alicyclic amines) is 1. The van der Waals surface area contributed by atoms with Gasteiger partial charge in [-0.1, -0.05) is 42.5 Å². The first-order valence-electron chi connectivity index (χ1n) is 23.7. The molecule has 1 aliphatic heterocycles. The Balaban J connectivity index is 1.56. The van der Waals surface area contributed by atoms with E-state index in [2.05, 4.69) is 72.1 Å². The second-order valence-electron chi connectivity index (χ2n) is 17.4. The van der Waals surface area contributed by atoms with Crippen LogP contribution in [-0.2, 0) is 62.4 Å². The molecule has 1 aromatic heterocycles. The molecule has 2 heterocycles. The number of carboxylic acid groups (broad SMARTS) is 2. The lowest BCUT2D eigenvalue weighted by molar-refractivity contribution is -0.145. The highest BCUT2D eigenvalue weighted by Crippen LogP contribution is 2.21. The Labute approximate surface area is 437 Å². The molecule has 0 aliphatic carbocycles. The molecule has 7 amide bonds. The van der Waals surface area contributed by atoms with E-state index in [-0.39, 0.29) is 87.7 Å². The Morgan fingerprint density at radius 3 is 1.80 bits per heavy atom. The lowest BCUT2D eigenvalue weighted by Gasteiger charge is -2.30. The maximum Gasteiger partial charge on any atom is 0.326 e. The molecule has 4 rings (SSSR count). The van der Waals surface area contributed by atoms with Crippen LogP contribution in [0.1, 0.15) is 61.8 Å². The summed E-state index contributed by atoms with van der Waals surface area (Å²) in [5.41, 5.74) is 18.1. The van der Waals surface area contributed by atoms with Gasteiger partial charge in [0.25, 0.3) is 0 Å². The van der Waals surface area contributed by atoms with Crippen molar-refractivity contribution in [1.82, 2.24) is 46.8 Å². The lowest BCUT2D eigenvalue weighted by Crippen LogP contribution is -2.60. The van der Waals surface area contributed by atoms with Gasteiger partial charge in [-0.25, -0.2) is 9.78 Å². The maximum atomic E-state index is 14.5. The molecule has 1 saturated heterocycles. The Morgan fingerprint density at radius 1 is 0.703 bits per heavy atom. The lowest BCUT2D eigenvalue weighted by atomic mass is 10.0. The fourth-order valence-electron chi connectivity index (χ4n) is 7.93. The number of hydrogen-bond donors (Lipinski definition) is 15. The van der Waals surface area contributed by atoms with Crippen molar-refractivity contribution in [3.8, 4) is 5.75 Å². The van der Waals surface area contributed by atoms with Crippen molar-refractivity contribution < 1.29 is 58.5 Å². The zero-order valence-corrected chi connectivity index (χ0v) is 42.1. The van der Waals surface area contributed by atoms with Crippen LogP contribution < -0.4 is 49.1 Å². The van der Waals surface area contributed by atoms with Crippen LogP contribution in [-0.4, -0.2) is 162 Å². The number of phenolic OH excluding ortho intramolecular Hbond substituents is 1. The molecule has 1 aliphatic rings. The van der Waals surface area contributed by atoms with Crippen molar-refractivity contribution in [3.63, 3.8) is 0 Å². The van der Waals surface area contributed by atoms with E-state index < -0.39 is 108 Å². The number of aromatic nitrogens is 2. The highest BCUT2D eigenvalue weighted by molar-refractivity contribution is 7.80. The Morgan fingerprint density at radius 2 is 1.24 bits per heavy atom. The monoisotopic (exact) mass is 1070 g/mol. The molecule has 8 atom stereocenters. The van der Waals surface area contributed by atoms with E-state index in [1.807, 2.05) is 0 Å². The molecule has 27 heteroatoms. The van der Waals surface area contributed by atoms with E-state index in [1.54, 1.807) is 30.3 Å². The molecule has 16 N–H and O–H groups in total. The van der Waals surface area contributed by atoms with Gasteiger partial charge in [0.15, 0.2) is 5.96 Å². The Bertz CT molecular complexity index is 2410. The van der Waals surface area contributed by atoms with E-state index in [1.165, 1.54) is 41.7 Å². The van der Waals surface area contributed by atoms with E-state index in [0.717, 1.165) is 0 Å². The molecule has 25 nitrogen and oxygen atoms in total. The summed E-state index contributed by atoms with van der Waals surface area (Å²) in [4.78, 5) is 133. The summed E-state index contributed by atoms with van der Waals surface area (Å²) in [6.45, 7) is 0.164. The zero-order chi connectivity index (χ0) is 54.3. The smallest absolute Gasteiger partial charge is 0.326 e. The molecule has 3 aromatic rings. The first-order chi connectivity index (χ1) is 35.3. The number of thiol groups is 2. The number of guanidine groups is 1. The number of carboxylic acids is 2. The molecule has 0 bridgehead atoms. The Kier molecular flexibility index (Phi) is 24.0. The number of hydrogen-bond acceptors (Lipinski definition) is 15. The molecule has 0 radical (unpaired) electrons. The number of nitrogens with one attached hydrogen (secondary N) is 7. The van der Waals surface area contributed by atoms with Crippen LogP contribution in [0.2, 0.25) is 0 Å². The molecule has 74 heavy (non-hydrogen) atoms. The summed E-state index contributed by atoms with van der Waals surface area (Å²) in [6.07, 6.45) is 2.26. The average molecular weight is 1070 g/mol. The molecule has 2 aromatic carbocycles. The molecule has 1 fully saturated rings. The molecule has 402 valence electrons. The van der Waals surface area contributed by atoms with E-state index in [4.69, 9.17) is 22.3 Å². The minimum atomic E-state index is -1.52. The summed E-state index contributed by atoms with van der Waals surface area (Å²) in [5, 5.41) is 44.7. The minimum absolute atomic E-state index is 0.00859. The molecule has 0 spiro atoms. The number of nitrogens with zero attached hydrogens (tertiary/aromatic N) is 3. The second kappa shape index (κ2) is 30.0. The number of benzene rings is 2. The van der Waals surface area contributed by atoms with Gasteiger partial charge in [-0.2, -0.15) is 25.3 Å². The van der Waals surface area contributed by atoms with Crippen molar-refractivity contribution in [2.75, 3.05) is 24.6 Å². The number of imidazole rings is 1. The number of aromatic amines is 1. The first kappa shape index (κ1) is 59.2. The minimum Gasteiger partial charge on any atom is -0.508 e. The van der Waals surface area contributed by atoms with Gasteiger partial charge in [-0.15, -0.1) is 0 Å². The van der Waals surface area contributed by atoms with Crippen molar-refractivity contribution in [3.05, 3.63) is 83.9 Å². The van der Waals surface area contributed by atoms with Gasteiger partial charge < -0.3 is 74.3 Å². The summed E-state index contributed by atoms with van der Waals surface area (Å²) in [5.74, 6) is -8.60. The number of carbonyl (C=O) groups excluding carboxylic acids is 7. The fourth-order valence-corrected chi connectivity index (χ4v) is 8.45. The standard InChI is InChI=1S/C47H65N13O12S2/c48-30(23-38(62)63)39(64)54-31(8-4-16-52-47(49)50)40(65)55-32(14-18-73)41(66)57-34(20-27-10-12-29(61)13-11-27)43(68)56-33(15-19-74)42(67)58-35(22-28-24-51-25-53-28)45(70)60-17-5-9-37(60)44(69)59-36(46(71)72)21-26-6-2-1-3-7-26/h1-3,6-7,10-13,24-25,30-37,61,73-74H,4-5,8-9,14-23,48H2,(H,51,53)(H,54,64)(H,55,65)(H,56,68)(H,57,66)(H,58,67)(H,59,69)(H,62,63)(H,71,72)(H4,49,50,52)/t30-,31-,32-,33-,34-,35-,36-,37-/m0/s1. The largest absolute Gasteiger partial charge is 0.508 e. The van der Waals surface area contributed by atoms with E-state index >= 15 is 0 Å². The highest BCUT2D eigenvalue weighted by Gasteiger charge is 2.40. The van der Waals surface area contributed by atoms with Crippen molar-refractivity contribution in [2.24, 2.45) is 22.2 Å². The number of carbonyl (C=O) groups is 9. The van der Waals surface area contributed by atoms with Crippen LogP contribution in [0.5, 0.6) is 5.75 Å². The molecule has 0 saturated carbocycles. The predicted molar refractivity (Wildman–Crippen MR) is 275 cm³/mol. The normalized spacial score (nSPS) is 15.9. The molecular weight excluding hydrogens is 1000 g/mol. The maximum absolute atomic E-state index is 14.5. The number of aromatic hydroxyl groups is 1. The number of phenols is 1. The summed E-state index contributed by atoms with van der Waals surface area (Å²) in [7, 11) is 0. The van der Waals surface area contributed by atoms with Crippen molar-refractivity contribution in [1.29, 1.82) is 0 Å². The van der Waals surface area contributed by atoms with Crippen LogP contribution in [0.3, 0.4) is 0 Å². The second-order valence-corrected chi connectivity index (χ2v) is 18.3. The van der Waals surface area contributed by atoms with E-state index in [9.17, 15) is 53.4 Å². The number of aliphatic imine (C=N–C) groups is 1. The van der Waals surface area contributed by atoms with Crippen LogP contribution in [0.4, 0.5) is 0 Å². The third-order valence-corrected chi connectivity index (χ3v) is 12.3. The summed E-state index contributed by atoms with van der Waals surface area (Å²) < 4.78 is 0. The summed E-state index contributed by atoms with van der Waals surface area (Å²) in [6, 6.07) is 3.66. The van der Waals surface area contributed by atoms with Crippen molar-refractivity contribution in [2.45, 2.75) is 113 Å². The van der Waals surface area contributed by atoms with Gasteiger partial charge in [0.05, 0.1) is 18.8 Å². The zero-order valence-electron chi connectivity index (χ0n) is 40.4. The SMILES string of the molecule is NC(N)=NCCC[C@H](NC(=O)[C@@H](N)CC(=O)O)C(=O)N[C@@H](CCS)C(=O)N[C@@H](Cc1ccc(O)cc1)C(=O)N[C@@H](CCS)C(=O)N[C@@H](Cc1cnc[nH]1)C(=O)N1CCC[C@H]1C(=O)N[C@@H](Cc1ccccc1)C(=O)O. The van der Waals surface area contributed by atoms with Gasteiger partial charge in [0.2, 0.25) is 41.4 Å². The van der Waals surface area contributed by atoms with E-state index in [0.29, 0.717) is 23.2 Å². The third-order valence-electron chi connectivity index (χ3n) is 11.7. The number of amides is 7. The van der Waals surface area contributed by atoms with Crippen molar-refractivity contribution >= 4 is 84.5 Å². The van der Waals surface area contributed by atoms with Gasteiger partial charge >= 0.3 is 11.9 Å². The number of nitrogens with two attached hydrogens (primary N) is 3.